The van der Waals surface area contributed by atoms with Crippen LogP contribution in [-0.4, -0.2) is 25.8 Å². The first-order valence-electron chi connectivity index (χ1n) is 9.92. The van der Waals surface area contributed by atoms with Crippen LogP contribution in [0.3, 0.4) is 0 Å². The van der Waals surface area contributed by atoms with Gasteiger partial charge in [-0.15, -0.1) is 0 Å². The molecule has 0 bridgehead atoms. The molecule has 0 aliphatic heterocycles. The molecule has 0 saturated heterocycles. The molecule has 3 aromatic carbocycles. The number of carbonyl (C=O) groups is 1. The highest BCUT2D eigenvalue weighted by Crippen LogP contribution is 2.28. The molecular formula is C25H26N2O4. The molecule has 3 rings (SSSR count). The monoisotopic (exact) mass is 418 g/mol. The first kappa shape index (κ1) is 21.9. The number of aryl methyl sites for hydroxylation is 1. The largest absolute Gasteiger partial charge is 0.493 e. The summed E-state index contributed by atoms with van der Waals surface area (Å²) in [6.45, 7) is 4.29. The number of nitrogens with one attached hydrogen (secondary N) is 1. The van der Waals surface area contributed by atoms with Crippen molar-refractivity contribution in [3.63, 3.8) is 0 Å². The number of carbonyl (C=O) groups excluding carboxylic acids is 1. The van der Waals surface area contributed by atoms with E-state index in [4.69, 9.17) is 14.2 Å². The number of methoxy groups -OCH3 is 1. The summed E-state index contributed by atoms with van der Waals surface area (Å²) in [5.74, 6) is 1.57. The Morgan fingerprint density at radius 1 is 0.935 bits per heavy atom. The van der Waals surface area contributed by atoms with Crippen LogP contribution in [0.25, 0.3) is 0 Å². The molecule has 6 heteroatoms. The van der Waals surface area contributed by atoms with E-state index in [1.165, 1.54) is 0 Å². The lowest BCUT2D eigenvalue weighted by Crippen LogP contribution is -2.24. The molecule has 31 heavy (non-hydrogen) atoms. The summed E-state index contributed by atoms with van der Waals surface area (Å²) in [6, 6.07) is 21.1. The predicted molar refractivity (Wildman–Crippen MR) is 121 cm³/mol. The van der Waals surface area contributed by atoms with Gasteiger partial charge < -0.3 is 14.2 Å². The average molecular weight is 418 g/mol. The molecule has 6 nitrogen and oxygen atoms in total. The van der Waals surface area contributed by atoms with Gasteiger partial charge in [-0.1, -0.05) is 42.5 Å². The maximum Gasteiger partial charge on any atom is 0.277 e. The van der Waals surface area contributed by atoms with Crippen molar-refractivity contribution in [3.05, 3.63) is 89.0 Å². The van der Waals surface area contributed by atoms with Gasteiger partial charge in [0, 0.05) is 0 Å². The number of rotatable bonds is 9. The van der Waals surface area contributed by atoms with Crippen LogP contribution in [0.5, 0.6) is 17.2 Å². The van der Waals surface area contributed by atoms with Gasteiger partial charge in [-0.25, -0.2) is 5.43 Å². The number of hydrogen-bond donors (Lipinski definition) is 1. The van der Waals surface area contributed by atoms with Gasteiger partial charge in [-0.3, -0.25) is 4.79 Å². The van der Waals surface area contributed by atoms with Gasteiger partial charge in [0.05, 0.1) is 13.3 Å². The van der Waals surface area contributed by atoms with E-state index in [1.54, 1.807) is 19.4 Å². The van der Waals surface area contributed by atoms with E-state index >= 15 is 0 Å². The molecule has 3 aromatic rings. The highest BCUT2D eigenvalue weighted by atomic mass is 16.5. The zero-order chi connectivity index (χ0) is 22.1. The maximum atomic E-state index is 12.0. The van der Waals surface area contributed by atoms with Crippen molar-refractivity contribution in [2.75, 3.05) is 13.7 Å². The Kier molecular flexibility index (Phi) is 7.65. The van der Waals surface area contributed by atoms with Crippen molar-refractivity contribution in [2.45, 2.75) is 20.5 Å². The van der Waals surface area contributed by atoms with Crippen LogP contribution in [0.4, 0.5) is 0 Å². The Hall–Kier alpha value is -3.80. The Morgan fingerprint density at radius 2 is 1.74 bits per heavy atom. The molecular weight excluding hydrogens is 392 g/mol. The van der Waals surface area contributed by atoms with Gasteiger partial charge in [-0.05, 0) is 60.4 Å². The minimum absolute atomic E-state index is 0.114. The van der Waals surface area contributed by atoms with Crippen molar-refractivity contribution in [1.29, 1.82) is 0 Å². The first-order chi connectivity index (χ1) is 15.1. The third-order valence-corrected chi connectivity index (χ3v) is 4.74. The molecule has 0 heterocycles. The summed E-state index contributed by atoms with van der Waals surface area (Å²) in [6.07, 6.45) is 1.54. The van der Waals surface area contributed by atoms with Crippen LogP contribution in [0.15, 0.2) is 71.8 Å². The molecule has 1 amide bonds. The lowest BCUT2D eigenvalue weighted by molar-refractivity contribution is -0.123. The second kappa shape index (κ2) is 10.8. The SMILES string of the molecule is COc1cc(/C=N/NC(=O)COc2cccc(C)c2C)ccc1OCc1ccccc1. The molecule has 1 N–H and O–H groups in total. The summed E-state index contributed by atoms with van der Waals surface area (Å²) < 4.78 is 16.8. The highest BCUT2D eigenvalue weighted by Gasteiger charge is 2.07. The van der Waals surface area contributed by atoms with Crippen LogP contribution in [-0.2, 0) is 11.4 Å². The maximum absolute atomic E-state index is 12.0. The van der Waals surface area contributed by atoms with Crippen molar-refractivity contribution in [2.24, 2.45) is 5.10 Å². The fourth-order valence-corrected chi connectivity index (χ4v) is 2.85. The normalized spacial score (nSPS) is 10.7. The highest BCUT2D eigenvalue weighted by molar-refractivity contribution is 5.83. The molecule has 0 aromatic heterocycles. The Morgan fingerprint density at radius 3 is 2.52 bits per heavy atom. The van der Waals surface area contributed by atoms with E-state index < -0.39 is 0 Å². The fourth-order valence-electron chi connectivity index (χ4n) is 2.85. The van der Waals surface area contributed by atoms with Crippen LogP contribution < -0.4 is 19.6 Å². The van der Waals surface area contributed by atoms with Gasteiger partial charge in [0.15, 0.2) is 18.1 Å². The van der Waals surface area contributed by atoms with Crippen molar-refractivity contribution >= 4 is 12.1 Å². The zero-order valence-corrected chi connectivity index (χ0v) is 17.9. The van der Waals surface area contributed by atoms with Gasteiger partial charge in [0.1, 0.15) is 12.4 Å². The Balaban J connectivity index is 1.53. The minimum Gasteiger partial charge on any atom is -0.493 e. The molecule has 0 spiro atoms. The van der Waals surface area contributed by atoms with Crippen LogP contribution in [0.1, 0.15) is 22.3 Å². The van der Waals surface area contributed by atoms with E-state index in [1.807, 2.05) is 74.5 Å². The summed E-state index contributed by atoms with van der Waals surface area (Å²) in [5, 5.41) is 3.99. The van der Waals surface area contributed by atoms with Gasteiger partial charge in [0.25, 0.3) is 5.91 Å². The molecule has 160 valence electrons. The molecule has 0 fully saturated rings. The number of hydrogen-bond acceptors (Lipinski definition) is 5. The Labute approximate surface area is 182 Å². The van der Waals surface area contributed by atoms with E-state index in [9.17, 15) is 4.79 Å². The third kappa shape index (κ3) is 6.34. The topological polar surface area (TPSA) is 69.2 Å². The number of ether oxygens (including phenoxy) is 3. The summed E-state index contributed by atoms with van der Waals surface area (Å²) in [4.78, 5) is 12.0. The quantitative estimate of drug-likeness (QED) is 0.413. The lowest BCUT2D eigenvalue weighted by atomic mass is 10.1. The predicted octanol–water partition coefficient (Wildman–Crippen LogP) is 4.42. The number of amides is 1. The lowest BCUT2D eigenvalue weighted by Gasteiger charge is -2.11. The van der Waals surface area contributed by atoms with E-state index in [0.717, 1.165) is 22.3 Å². The molecule has 0 aliphatic rings. The second-order valence-electron chi connectivity index (χ2n) is 6.96. The summed E-state index contributed by atoms with van der Waals surface area (Å²) >= 11 is 0. The van der Waals surface area contributed by atoms with Gasteiger partial charge in [0.2, 0.25) is 0 Å². The minimum atomic E-state index is -0.341. The van der Waals surface area contributed by atoms with Crippen molar-refractivity contribution in [3.8, 4) is 17.2 Å². The molecule has 0 unspecified atom stereocenters. The third-order valence-electron chi connectivity index (χ3n) is 4.74. The smallest absolute Gasteiger partial charge is 0.277 e. The molecule has 0 radical (unpaired) electrons. The molecule has 0 aliphatic carbocycles. The first-order valence-corrected chi connectivity index (χ1v) is 9.92. The van der Waals surface area contributed by atoms with Gasteiger partial charge in [-0.2, -0.15) is 5.10 Å². The van der Waals surface area contributed by atoms with E-state index in [0.29, 0.717) is 23.9 Å². The van der Waals surface area contributed by atoms with Crippen LogP contribution in [0, 0.1) is 13.8 Å². The standard InChI is InChI=1S/C25H26N2O4/c1-18-8-7-11-22(19(18)2)31-17-25(28)27-26-15-21-12-13-23(24(14-21)29-3)30-16-20-9-5-4-6-10-20/h4-15H,16-17H2,1-3H3,(H,27,28)/b26-15+. The van der Waals surface area contributed by atoms with Crippen molar-refractivity contribution in [1.82, 2.24) is 5.43 Å². The number of benzene rings is 3. The van der Waals surface area contributed by atoms with Crippen molar-refractivity contribution < 1.29 is 19.0 Å². The zero-order valence-electron chi connectivity index (χ0n) is 17.9. The number of nitrogens with zero attached hydrogens (tertiary/aromatic N) is 1. The van der Waals surface area contributed by atoms with E-state index in [2.05, 4.69) is 10.5 Å². The van der Waals surface area contributed by atoms with Gasteiger partial charge >= 0.3 is 0 Å². The summed E-state index contributed by atoms with van der Waals surface area (Å²) in [7, 11) is 1.58. The van der Waals surface area contributed by atoms with E-state index in [-0.39, 0.29) is 12.5 Å². The Bertz CT molecular complexity index is 1050. The summed E-state index contributed by atoms with van der Waals surface area (Å²) in [5.41, 5.74) is 6.43. The number of hydrazone groups is 1. The van der Waals surface area contributed by atoms with Crippen LogP contribution in [0.2, 0.25) is 0 Å². The average Bonchev–Trinajstić information content (AvgIpc) is 2.79. The second-order valence-corrected chi connectivity index (χ2v) is 6.96. The molecule has 0 atom stereocenters. The fraction of sp³-hybridized carbons (Fsp3) is 0.200. The van der Waals surface area contributed by atoms with Crippen LogP contribution >= 0.6 is 0 Å². The molecule has 0 saturated carbocycles.